The second kappa shape index (κ2) is 9.01. The van der Waals surface area contributed by atoms with Gasteiger partial charge in [-0.2, -0.15) is 4.98 Å². The summed E-state index contributed by atoms with van der Waals surface area (Å²) in [5, 5.41) is 7.17. The molecule has 1 aromatic carbocycles. The second-order valence-electron chi connectivity index (χ2n) is 8.86. The van der Waals surface area contributed by atoms with E-state index in [-0.39, 0.29) is 35.5 Å². The van der Waals surface area contributed by atoms with Gasteiger partial charge >= 0.3 is 0 Å². The first kappa shape index (κ1) is 22.4. The minimum Gasteiger partial charge on any atom is -0.348 e. The Morgan fingerprint density at radius 3 is 2.42 bits per heavy atom. The third-order valence-corrected chi connectivity index (χ3v) is 5.75. The number of likely N-dealkylation sites (tertiary alicyclic amines) is 1. The fourth-order valence-electron chi connectivity index (χ4n) is 3.71. The molecule has 1 aliphatic heterocycles. The van der Waals surface area contributed by atoms with Gasteiger partial charge in [-0.05, 0) is 17.7 Å². The Balaban J connectivity index is 1.44. The Morgan fingerprint density at radius 1 is 1.09 bits per heavy atom. The lowest BCUT2D eigenvalue weighted by molar-refractivity contribution is -0.146. The number of hydrogen-bond donors (Lipinski definition) is 1. The molecule has 0 saturated carbocycles. The molecule has 2 aromatic heterocycles. The molecule has 33 heavy (non-hydrogen) atoms. The van der Waals surface area contributed by atoms with Crippen molar-refractivity contribution < 1.29 is 14.4 Å². The lowest BCUT2D eigenvalue weighted by atomic mass is 9.97. The van der Waals surface area contributed by atoms with Gasteiger partial charge in [-0.3, -0.25) is 19.7 Å². The van der Waals surface area contributed by atoms with Crippen LogP contribution in [0, 0.1) is 11.8 Å². The van der Waals surface area contributed by atoms with Crippen LogP contribution in [0.4, 0.5) is 5.95 Å². The average molecular weight is 449 g/mol. The molecule has 0 aliphatic carbocycles. The number of nitrogens with zero attached hydrogens (tertiary/aromatic N) is 5. The standard InChI is InChI=1S/C24H28N6O3/c1-15(2)22(32)26-24-25-20-7-5-6-19(30(20)27-24)17-10-8-16(9-11-17)12-21(31)29-13-18(14-29)23(33)28(3)4/h5-11,15,18H,12-14H2,1-4H3,(H,26,27,32). The van der Waals surface area contributed by atoms with Gasteiger partial charge in [0.05, 0.1) is 18.0 Å². The number of fused-ring (bicyclic) bond motifs is 1. The van der Waals surface area contributed by atoms with Gasteiger partial charge in [0.2, 0.25) is 23.7 Å². The summed E-state index contributed by atoms with van der Waals surface area (Å²) in [5.74, 6) is -0.0381. The largest absolute Gasteiger partial charge is 0.348 e. The third-order valence-electron chi connectivity index (χ3n) is 5.75. The number of amides is 3. The molecule has 0 unspecified atom stereocenters. The molecule has 3 amide bonds. The number of nitrogens with one attached hydrogen (secondary N) is 1. The van der Waals surface area contributed by atoms with E-state index in [4.69, 9.17) is 0 Å². The van der Waals surface area contributed by atoms with Crippen LogP contribution in [0.25, 0.3) is 16.9 Å². The highest BCUT2D eigenvalue weighted by Crippen LogP contribution is 2.23. The minimum atomic E-state index is -0.165. The molecule has 172 valence electrons. The number of carbonyl (C=O) groups excluding carboxylic acids is 3. The molecular formula is C24H28N6O3. The van der Waals surface area contributed by atoms with Crippen molar-refractivity contribution in [3.05, 3.63) is 48.0 Å². The first-order chi connectivity index (χ1) is 15.7. The van der Waals surface area contributed by atoms with Crippen molar-refractivity contribution >= 4 is 29.3 Å². The van der Waals surface area contributed by atoms with Gasteiger partial charge in [0.25, 0.3) is 0 Å². The van der Waals surface area contributed by atoms with Gasteiger partial charge in [-0.15, -0.1) is 5.10 Å². The van der Waals surface area contributed by atoms with Gasteiger partial charge in [-0.25, -0.2) is 4.52 Å². The van der Waals surface area contributed by atoms with Crippen LogP contribution in [0.1, 0.15) is 19.4 Å². The van der Waals surface area contributed by atoms with E-state index >= 15 is 0 Å². The average Bonchev–Trinajstić information content (AvgIpc) is 3.15. The van der Waals surface area contributed by atoms with Crippen molar-refractivity contribution in [2.24, 2.45) is 11.8 Å². The van der Waals surface area contributed by atoms with Gasteiger partial charge < -0.3 is 9.80 Å². The number of pyridine rings is 1. The highest BCUT2D eigenvalue weighted by atomic mass is 16.2. The summed E-state index contributed by atoms with van der Waals surface area (Å²) in [6.07, 6.45) is 0.294. The highest BCUT2D eigenvalue weighted by molar-refractivity contribution is 5.90. The Labute approximate surface area is 192 Å². The molecular weight excluding hydrogens is 420 g/mol. The fraction of sp³-hybridized carbons (Fsp3) is 0.375. The molecule has 1 fully saturated rings. The SMILES string of the molecule is CC(C)C(=O)Nc1nc2cccc(-c3ccc(CC(=O)N4CC(C(=O)N(C)C)C4)cc3)n2n1. The maximum atomic E-state index is 12.5. The van der Waals surface area contributed by atoms with Crippen LogP contribution in [-0.2, 0) is 20.8 Å². The number of benzene rings is 1. The van der Waals surface area contributed by atoms with Gasteiger partial charge in [-0.1, -0.05) is 44.2 Å². The number of carbonyl (C=O) groups is 3. The van der Waals surface area contributed by atoms with E-state index < -0.39 is 0 Å². The van der Waals surface area contributed by atoms with E-state index in [0.717, 1.165) is 16.8 Å². The molecule has 4 rings (SSSR count). The number of anilines is 1. The molecule has 1 N–H and O–H groups in total. The molecule has 0 radical (unpaired) electrons. The van der Waals surface area contributed by atoms with E-state index in [1.54, 1.807) is 28.4 Å². The van der Waals surface area contributed by atoms with Crippen molar-refractivity contribution in [1.82, 2.24) is 24.4 Å². The quantitative estimate of drug-likeness (QED) is 0.622. The zero-order valence-corrected chi connectivity index (χ0v) is 19.3. The van der Waals surface area contributed by atoms with Crippen molar-refractivity contribution in [1.29, 1.82) is 0 Å². The smallest absolute Gasteiger partial charge is 0.249 e. The molecule has 3 heterocycles. The van der Waals surface area contributed by atoms with Crippen molar-refractivity contribution in [3.63, 3.8) is 0 Å². The molecule has 1 saturated heterocycles. The Hall–Kier alpha value is -3.75. The van der Waals surface area contributed by atoms with Crippen LogP contribution < -0.4 is 5.32 Å². The fourth-order valence-corrected chi connectivity index (χ4v) is 3.71. The van der Waals surface area contributed by atoms with E-state index in [2.05, 4.69) is 15.4 Å². The number of hydrogen-bond acceptors (Lipinski definition) is 5. The van der Waals surface area contributed by atoms with Crippen LogP contribution in [0.15, 0.2) is 42.5 Å². The van der Waals surface area contributed by atoms with Gasteiger partial charge in [0.1, 0.15) is 0 Å². The summed E-state index contributed by atoms with van der Waals surface area (Å²) in [4.78, 5) is 44.2. The normalized spacial score (nSPS) is 13.8. The summed E-state index contributed by atoms with van der Waals surface area (Å²) < 4.78 is 1.69. The zero-order valence-electron chi connectivity index (χ0n) is 19.3. The van der Waals surface area contributed by atoms with Crippen molar-refractivity contribution in [3.8, 4) is 11.3 Å². The molecule has 9 heteroatoms. The summed E-state index contributed by atoms with van der Waals surface area (Å²) in [5.41, 5.74) is 3.28. The van der Waals surface area contributed by atoms with Crippen LogP contribution >= 0.6 is 0 Å². The molecule has 1 aliphatic rings. The minimum absolute atomic E-state index is 0.0227. The van der Waals surface area contributed by atoms with Gasteiger partial charge in [0.15, 0.2) is 5.65 Å². The first-order valence-corrected chi connectivity index (χ1v) is 11.0. The molecule has 3 aromatic rings. The lowest BCUT2D eigenvalue weighted by Crippen LogP contribution is -2.55. The van der Waals surface area contributed by atoms with Crippen molar-refractivity contribution in [2.75, 3.05) is 32.5 Å². The summed E-state index contributed by atoms with van der Waals surface area (Å²) in [6.45, 7) is 4.59. The summed E-state index contributed by atoms with van der Waals surface area (Å²) in [7, 11) is 3.47. The zero-order chi connectivity index (χ0) is 23.7. The Kier molecular flexibility index (Phi) is 6.13. The van der Waals surface area contributed by atoms with Crippen LogP contribution in [0.3, 0.4) is 0 Å². The van der Waals surface area contributed by atoms with E-state index in [1.165, 1.54) is 0 Å². The van der Waals surface area contributed by atoms with Crippen LogP contribution in [-0.4, -0.2) is 69.3 Å². The maximum absolute atomic E-state index is 12.5. The highest BCUT2D eigenvalue weighted by Gasteiger charge is 2.36. The number of rotatable bonds is 6. The van der Waals surface area contributed by atoms with Gasteiger partial charge in [0, 0.05) is 38.7 Å². The third kappa shape index (κ3) is 4.72. The molecule has 0 spiro atoms. The van der Waals surface area contributed by atoms with E-state index in [0.29, 0.717) is 25.2 Å². The topological polar surface area (TPSA) is 99.9 Å². The Morgan fingerprint density at radius 2 is 1.79 bits per heavy atom. The molecule has 0 bridgehead atoms. The maximum Gasteiger partial charge on any atom is 0.249 e. The summed E-state index contributed by atoms with van der Waals surface area (Å²) in [6, 6.07) is 13.4. The Bertz CT molecular complexity index is 1190. The van der Waals surface area contributed by atoms with Crippen LogP contribution in [0.5, 0.6) is 0 Å². The lowest BCUT2D eigenvalue weighted by Gasteiger charge is -2.39. The predicted molar refractivity (Wildman–Crippen MR) is 124 cm³/mol. The second-order valence-corrected chi connectivity index (χ2v) is 8.86. The van der Waals surface area contributed by atoms with E-state index in [9.17, 15) is 14.4 Å². The predicted octanol–water partition coefficient (Wildman–Crippen LogP) is 2.08. The number of aromatic nitrogens is 3. The molecule has 0 atom stereocenters. The summed E-state index contributed by atoms with van der Waals surface area (Å²) >= 11 is 0. The monoisotopic (exact) mass is 448 g/mol. The van der Waals surface area contributed by atoms with Crippen molar-refractivity contribution in [2.45, 2.75) is 20.3 Å². The molecule has 9 nitrogen and oxygen atoms in total. The van der Waals surface area contributed by atoms with E-state index in [1.807, 2.05) is 56.3 Å². The van der Waals surface area contributed by atoms with Crippen LogP contribution in [0.2, 0.25) is 0 Å². The first-order valence-electron chi connectivity index (χ1n) is 11.0.